The Morgan fingerprint density at radius 1 is 1.31 bits per heavy atom. The molecule has 0 saturated heterocycles. The maximum atomic E-state index is 10.8. The van der Waals surface area contributed by atoms with Gasteiger partial charge >= 0.3 is 5.97 Å². The zero-order valence-electron chi connectivity index (χ0n) is 6.96. The zero-order valence-corrected chi connectivity index (χ0v) is 6.96. The average Bonchev–Trinajstić information content (AvgIpc) is 1.87. The minimum atomic E-state index is -0.829. The zero-order chi connectivity index (χ0) is 8.85. The molecule has 1 atom stereocenters. The van der Waals surface area contributed by atoms with Crippen LogP contribution in [0.1, 0.15) is 48.0 Å². The first-order valence-electron chi connectivity index (χ1n) is 3.80. The van der Waals surface area contributed by atoms with Crippen molar-refractivity contribution in [2.45, 2.75) is 48.0 Å². The van der Waals surface area contributed by atoms with Gasteiger partial charge in [-0.3, -0.25) is 9.59 Å². The minimum absolute atomic E-state index is 0. The first-order chi connectivity index (χ1) is 5.07. The molecule has 3 heteroatoms. The van der Waals surface area contributed by atoms with Crippen molar-refractivity contribution < 1.29 is 14.7 Å². The van der Waals surface area contributed by atoms with Gasteiger partial charge in [-0.15, -0.1) is 0 Å². The van der Waals surface area contributed by atoms with Gasteiger partial charge in [-0.1, -0.05) is 21.8 Å². The average molecular weight is 190 g/mol. The Bertz CT molecular complexity index is 152. The molecular weight excluding hydrogens is 168 g/mol. The van der Waals surface area contributed by atoms with Gasteiger partial charge in [0.2, 0.25) is 0 Å². The van der Waals surface area contributed by atoms with E-state index in [0.717, 1.165) is 6.42 Å². The van der Waals surface area contributed by atoms with E-state index in [0.29, 0.717) is 6.42 Å². The molecule has 80 valence electrons. The smallest absolute Gasteiger partial charge is 0.303 e. The molecule has 1 N–H and O–H groups in total. The number of hydrogen-bond acceptors (Lipinski definition) is 2. The Hall–Kier alpha value is -0.860. The molecule has 0 rings (SSSR count). The van der Waals surface area contributed by atoms with E-state index in [1.807, 2.05) is 6.92 Å². The van der Waals surface area contributed by atoms with Crippen molar-refractivity contribution in [3.63, 3.8) is 0 Å². The molecule has 0 aromatic carbocycles. The standard InChI is InChI=1S/C8H14O3.2CH4/c1-3-7(6(2)9)4-5-8(10)11;;/h7H,3-5H2,1-2H3,(H,10,11);2*1H4. The van der Waals surface area contributed by atoms with Crippen molar-refractivity contribution in [3.05, 3.63) is 0 Å². The molecule has 0 aromatic heterocycles. The highest BCUT2D eigenvalue weighted by Crippen LogP contribution is 2.11. The van der Waals surface area contributed by atoms with Crippen LogP contribution in [-0.2, 0) is 9.59 Å². The van der Waals surface area contributed by atoms with E-state index in [1.165, 1.54) is 6.92 Å². The van der Waals surface area contributed by atoms with Crippen molar-refractivity contribution >= 4 is 11.8 Å². The molecule has 13 heavy (non-hydrogen) atoms. The van der Waals surface area contributed by atoms with Gasteiger partial charge in [0.05, 0.1) is 0 Å². The van der Waals surface area contributed by atoms with Crippen LogP contribution in [0.4, 0.5) is 0 Å². The van der Waals surface area contributed by atoms with Gasteiger partial charge in [0, 0.05) is 12.3 Å². The van der Waals surface area contributed by atoms with Crippen molar-refractivity contribution in [2.75, 3.05) is 0 Å². The molecule has 0 radical (unpaired) electrons. The lowest BCUT2D eigenvalue weighted by molar-refractivity contribution is -0.137. The molecule has 0 aliphatic heterocycles. The lowest BCUT2D eigenvalue weighted by Gasteiger charge is -2.07. The summed E-state index contributed by atoms with van der Waals surface area (Å²) >= 11 is 0. The fraction of sp³-hybridized carbons (Fsp3) is 0.800. The summed E-state index contributed by atoms with van der Waals surface area (Å²) in [6.45, 7) is 3.41. The monoisotopic (exact) mass is 190 g/mol. The molecule has 0 spiro atoms. The van der Waals surface area contributed by atoms with Crippen LogP contribution in [0.3, 0.4) is 0 Å². The molecule has 1 unspecified atom stereocenters. The van der Waals surface area contributed by atoms with E-state index in [2.05, 4.69) is 0 Å². The van der Waals surface area contributed by atoms with E-state index in [-0.39, 0.29) is 33.0 Å². The Morgan fingerprint density at radius 3 is 2.00 bits per heavy atom. The minimum Gasteiger partial charge on any atom is -0.481 e. The largest absolute Gasteiger partial charge is 0.481 e. The normalized spacial score (nSPS) is 10.6. The third kappa shape index (κ3) is 9.05. The third-order valence-corrected chi connectivity index (χ3v) is 1.77. The molecule has 0 bridgehead atoms. The second kappa shape index (κ2) is 9.23. The highest BCUT2D eigenvalue weighted by atomic mass is 16.4. The molecule has 3 nitrogen and oxygen atoms in total. The van der Waals surface area contributed by atoms with Gasteiger partial charge in [0.1, 0.15) is 5.78 Å². The van der Waals surface area contributed by atoms with Crippen LogP contribution in [0.25, 0.3) is 0 Å². The maximum Gasteiger partial charge on any atom is 0.303 e. The predicted molar refractivity (Wildman–Crippen MR) is 54.8 cm³/mol. The summed E-state index contributed by atoms with van der Waals surface area (Å²) in [7, 11) is 0. The molecule has 0 fully saturated rings. The molecular formula is C10H22O3. The molecule has 0 amide bonds. The van der Waals surface area contributed by atoms with Crippen LogP contribution in [0.2, 0.25) is 0 Å². The number of Topliss-reactive ketones (excluding diaryl/α,β-unsaturated/α-hetero) is 1. The van der Waals surface area contributed by atoms with Crippen molar-refractivity contribution in [1.29, 1.82) is 0 Å². The van der Waals surface area contributed by atoms with E-state index in [9.17, 15) is 9.59 Å². The van der Waals surface area contributed by atoms with Crippen LogP contribution in [0.15, 0.2) is 0 Å². The Kier molecular flexibility index (Phi) is 12.8. The number of carboxylic acids is 1. The van der Waals surface area contributed by atoms with E-state index >= 15 is 0 Å². The number of aliphatic carboxylic acids is 1. The van der Waals surface area contributed by atoms with Gasteiger partial charge in [0.25, 0.3) is 0 Å². The fourth-order valence-electron chi connectivity index (χ4n) is 0.993. The number of ketones is 1. The van der Waals surface area contributed by atoms with Crippen molar-refractivity contribution in [3.8, 4) is 0 Å². The SMILES string of the molecule is C.C.CCC(CCC(=O)O)C(C)=O. The van der Waals surface area contributed by atoms with Gasteiger partial charge < -0.3 is 5.11 Å². The molecule has 0 aliphatic carbocycles. The topological polar surface area (TPSA) is 54.4 Å². The highest BCUT2D eigenvalue weighted by molar-refractivity contribution is 5.78. The van der Waals surface area contributed by atoms with E-state index in [4.69, 9.17) is 5.11 Å². The summed E-state index contributed by atoms with van der Waals surface area (Å²) in [5.74, 6) is -0.801. The highest BCUT2D eigenvalue weighted by Gasteiger charge is 2.12. The third-order valence-electron chi connectivity index (χ3n) is 1.77. The summed E-state index contributed by atoms with van der Waals surface area (Å²) in [6.07, 6.45) is 1.31. The summed E-state index contributed by atoms with van der Waals surface area (Å²) < 4.78 is 0. The second-order valence-corrected chi connectivity index (χ2v) is 2.65. The van der Waals surface area contributed by atoms with Crippen LogP contribution in [0.5, 0.6) is 0 Å². The van der Waals surface area contributed by atoms with Crippen LogP contribution in [0, 0.1) is 5.92 Å². The molecule has 0 heterocycles. The van der Waals surface area contributed by atoms with Gasteiger partial charge in [-0.05, 0) is 19.8 Å². The summed E-state index contributed by atoms with van der Waals surface area (Å²) in [4.78, 5) is 20.9. The summed E-state index contributed by atoms with van der Waals surface area (Å²) in [5, 5.41) is 8.33. The predicted octanol–water partition coefficient (Wildman–Crippen LogP) is 2.74. The lowest BCUT2D eigenvalue weighted by Crippen LogP contribution is -2.11. The van der Waals surface area contributed by atoms with Crippen LogP contribution in [-0.4, -0.2) is 16.9 Å². The number of carbonyl (C=O) groups excluding carboxylic acids is 1. The van der Waals surface area contributed by atoms with Crippen molar-refractivity contribution in [2.24, 2.45) is 5.92 Å². The molecule has 0 saturated carbocycles. The summed E-state index contributed by atoms with van der Waals surface area (Å²) in [5.41, 5.74) is 0. The summed E-state index contributed by atoms with van der Waals surface area (Å²) in [6, 6.07) is 0. The number of carboxylic acid groups (broad SMARTS) is 1. The van der Waals surface area contributed by atoms with Crippen LogP contribution < -0.4 is 0 Å². The Morgan fingerprint density at radius 2 is 1.77 bits per heavy atom. The molecule has 0 aromatic rings. The molecule has 0 aliphatic rings. The van der Waals surface area contributed by atoms with Crippen LogP contribution >= 0.6 is 0 Å². The van der Waals surface area contributed by atoms with E-state index in [1.54, 1.807) is 0 Å². The van der Waals surface area contributed by atoms with Crippen molar-refractivity contribution in [1.82, 2.24) is 0 Å². The quantitative estimate of drug-likeness (QED) is 0.725. The van der Waals surface area contributed by atoms with Gasteiger partial charge in [0.15, 0.2) is 0 Å². The first kappa shape index (κ1) is 18.0. The second-order valence-electron chi connectivity index (χ2n) is 2.65. The maximum absolute atomic E-state index is 10.8. The van der Waals surface area contributed by atoms with E-state index < -0.39 is 5.97 Å². The fourth-order valence-corrected chi connectivity index (χ4v) is 0.993. The number of rotatable bonds is 5. The lowest BCUT2D eigenvalue weighted by atomic mass is 9.97. The number of hydrogen-bond donors (Lipinski definition) is 1. The number of carbonyl (C=O) groups is 2. The first-order valence-corrected chi connectivity index (χ1v) is 3.80. The van der Waals surface area contributed by atoms with Gasteiger partial charge in [-0.2, -0.15) is 0 Å². The Balaban J connectivity index is -0.000000500. The van der Waals surface area contributed by atoms with Gasteiger partial charge in [-0.25, -0.2) is 0 Å². The Labute approximate surface area is 81.2 Å².